The smallest absolute Gasteiger partial charge is 0.419 e. The highest BCUT2D eigenvalue weighted by Gasteiger charge is 2.34. The summed E-state index contributed by atoms with van der Waals surface area (Å²) in [7, 11) is 1.49. The van der Waals surface area contributed by atoms with E-state index in [0.717, 1.165) is 12.1 Å². The minimum Gasteiger partial charge on any atom is -0.497 e. The summed E-state index contributed by atoms with van der Waals surface area (Å²) in [5.41, 5.74) is -0.418. The van der Waals surface area contributed by atoms with Gasteiger partial charge in [0.25, 0.3) is 0 Å². The molecule has 3 aromatic rings. The number of rotatable bonds is 5. The lowest BCUT2D eigenvalue weighted by molar-refractivity contribution is -0.142. The number of hydrogen-bond donors (Lipinski definition) is 0. The molecule has 0 aliphatic rings. The summed E-state index contributed by atoms with van der Waals surface area (Å²) >= 11 is 0. The van der Waals surface area contributed by atoms with E-state index in [4.69, 9.17) is 13.9 Å². The normalized spacial score (nSPS) is 11.5. The number of methoxy groups -OCH3 is 1. The summed E-state index contributed by atoms with van der Waals surface area (Å²) < 4.78 is 54.3. The fraction of sp³-hybridized carbons (Fsp3) is 0.238. The van der Waals surface area contributed by atoms with Crippen molar-refractivity contribution in [3.63, 3.8) is 0 Å². The van der Waals surface area contributed by atoms with Gasteiger partial charge in [0.2, 0.25) is 0 Å². The van der Waals surface area contributed by atoms with Gasteiger partial charge >= 0.3 is 17.8 Å². The molecule has 0 amide bonds. The summed E-state index contributed by atoms with van der Waals surface area (Å²) in [6.07, 6.45) is -4.95. The zero-order valence-corrected chi connectivity index (χ0v) is 15.6. The van der Waals surface area contributed by atoms with E-state index < -0.39 is 29.1 Å². The molecule has 0 aliphatic carbocycles. The molecule has 0 fully saturated rings. The highest BCUT2D eigenvalue weighted by molar-refractivity contribution is 5.82. The van der Waals surface area contributed by atoms with Crippen molar-refractivity contribution in [2.45, 2.75) is 25.9 Å². The van der Waals surface area contributed by atoms with Crippen LogP contribution in [0.2, 0.25) is 0 Å². The number of benzene rings is 2. The van der Waals surface area contributed by atoms with Crippen LogP contribution < -0.4 is 15.1 Å². The molecule has 0 N–H and O–H groups in total. The molecule has 29 heavy (non-hydrogen) atoms. The number of hydrogen-bond acceptors (Lipinski definition) is 5. The number of carbonyl (C=O) groups excluding carboxylic acids is 1. The molecule has 0 unspecified atom stereocenters. The number of halogens is 3. The lowest BCUT2D eigenvalue weighted by Gasteiger charge is -2.12. The van der Waals surface area contributed by atoms with E-state index in [1.807, 2.05) is 0 Å². The summed E-state index contributed by atoms with van der Waals surface area (Å²) in [5, 5.41) is 0.677. The van der Waals surface area contributed by atoms with Crippen LogP contribution in [0.1, 0.15) is 23.1 Å². The van der Waals surface area contributed by atoms with Gasteiger partial charge in [-0.2, -0.15) is 13.2 Å². The third-order valence-electron chi connectivity index (χ3n) is 4.49. The first-order valence-corrected chi connectivity index (χ1v) is 8.68. The lowest BCUT2D eigenvalue weighted by Crippen LogP contribution is -2.17. The summed E-state index contributed by atoms with van der Waals surface area (Å²) in [6.45, 7) is 1.71. The van der Waals surface area contributed by atoms with E-state index in [1.165, 1.54) is 19.2 Å². The van der Waals surface area contributed by atoms with Gasteiger partial charge in [0, 0.05) is 17.0 Å². The van der Waals surface area contributed by atoms with Crippen molar-refractivity contribution in [2.75, 3.05) is 7.11 Å². The standard InChI is InChI=1S/C21H17F3O5/c1-12-14-8-7-13(27-2)11-18(14)29-20(26)15(12)9-10-19(25)28-17-6-4-3-5-16(17)21(22,23)24/h3-8,11H,9-10H2,1-2H3. The van der Waals surface area contributed by atoms with Gasteiger partial charge in [-0.25, -0.2) is 4.79 Å². The van der Waals surface area contributed by atoms with Gasteiger partial charge in [-0.1, -0.05) is 12.1 Å². The summed E-state index contributed by atoms with van der Waals surface area (Å²) in [4.78, 5) is 24.4. The van der Waals surface area contributed by atoms with Crippen LogP contribution in [0.25, 0.3) is 11.0 Å². The Morgan fingerprint density at radius 3 is 2.55 bits per heavy atom. The van der Waals surface area contributed by atoms with E-state index in [1.54, 1.807) is 25.1 Å². The van der Waals surface area contributed by atoms with Crippen LogP contribution in [0, 0.1) is 6.92 Å². The van der Waals surface area contributed by atoms with Gasteiger partial charge in [-0.3, -0.25) is 4.79 Å². The van der Waals surface area contributed by atoms with E-state index >= 15 is 0 Å². The molecular weight excluding hydrogens is 389 g/mol. The molecule has 0 aliphatic heterocycles. The Kier molecular flexibility index (Phi) is 5.63. The van der Waals surface area contributed by atoms with Gasteiger partial charge in [0.15, 0.2) is 0 Å². The molecule has 1 heterocycles. The molecule has 0 bridgehead atoms. The zero-order chi connectivity index (χ0) is 21.2. The quantitative estimate of drug-likeness (QED) is 0.350. The van der Waals surface area contributed by atoms with E-state index in [2.05, 4.69) is 0 Å². The number of fused-ring (bicyclic) bond motifs is 1. The molecule has 0 radical (unpaired) electrons. The topological polar surface area (TPSA) is 65.7 Å². The predicted molar refractivity (Wildman–Crippen MR) is 99.2 cm³/mol. The van der Waals surface area contributed by atoms with Crippen LogP contribution in [-0.4, -0.2) is 13.1 Å². The molecule has 0 atom stereocenters. The van der Waals surface area contributed by atoms with E-state index in [0.29, 0.717) is 22.3 Å². The van der Waals surface area contributed by atoms with Gasteiger partial charge in [-0.05, 0) is 43.2 Å². The van der Waals surface area contributed by atoms with Crippen molar-refractivity contribution >= 4 is 16.9 Å². The van der Waals surface area contributed by atoms with Crippen LogP contribution in [0.3, 0.4) is 0 Å². The average molecular weight is 406 g/mol. The summed E-state index contributed by atoms with van der Waals surface area (Å²) in [5.74, 6) is -0.922. The van der Waals surface area contributed by atoms with Gasteiger partial charge in [0.1, 0.15) is 17.1 Å². The Morgan fingerprint density at radius 1 is 1.14 bits per heavy atom. The predicted octanol–water partition coefficient (Wildman–Crippen LogP) is 4.67. The van der Waals surface area contributed by atoms with Crippen molar-refractivity contribution in [2.24, 2.45) is 0 Å². The lowest BCUT2D eigenvalue weighted by atomic mass is 10.0. The molecule has 0 saturated heterocycles. The fourth-order valence-corrected chi connectivity index (χ4v) is 2.98. The van der Waals surface area contributed by atoms with Crippen LogP contribution in [0.5, 0.6) is 11.5 Å². The van der Waals surface area contributed by atoms with E-state index in [9.17, 15) is 22.8 Å². The minimum atomic E-state index is -4.64. The van der Waals surface area contributed by atoms with Crippen molar-refractivity contribution in [1.29, 1.82) is 0 Å². The molecule has 5 nitrogen and oxygen atoms in total. The first-order valence-electron chi connectivity index (χ1n) is 8.68. The minimum absolute atomic E-state index is 0.0246. The molecule has 2 aromatic carbocycles. The molecule has 3 rings (SSSR count). The number of esters is 1. The summed E-state index contributed by atoms with van der Waals surface area (Å²) in [6, 6.07) is 9.47. The van der Waals surface area contributed by atoms with Gasteiger partial charge < -0.3 is 13.9 Å². The Labute approximate surface area is 163 Å². The Morgan fingerprint density at radius 2 is 1.86 bits per heavy atom. The number of alkyl halides is 3. The zero-order valence-electron chi connectivity index (χ0n) is 15.6. The fourth-order valence-electron chi connectivity index (χ4n) is 2.98. The van der Waals surface area contributed by atoms with E-state index in [-0.39, 0.29) is 18.4 Å². The average Bonchev–Trinajstić information content (AvgIpc) is 2.66. The van der Waals surface area contributed by atoms with Crippen LogP contribution in [0.15, 0.2) is 51.7 Å². The first kappa shape index (κ1) is 20.4. The van der Waals surface area contributed by atoms with Crippen molar-refractivity contribution in [3.05, 3.63) is 69.6 Å². The van der Waals surface area contributed by atoms with Gasteiger partial charge in [0.05, 0.1) is 19.1 Å². The van der Waals surface area contributed by atoms with Crippen LogP contribution in [-0.2, 0) is 17.4 Å². The number of para-hydroxylation sites is 1. The highest BCUT2D eigenvalue weighted by atomic mass is 19.4. The third-order valence-corrected chi connectivity index (χ3v) is 4.49. The molecular formula is C21H17F3O5. The van der Waals surface area contributed by atoms with Gasteiger partial charge in [-0.15, -0.1) is 0 Å². The molecule has 1 aromatic heterocycles. The van der Waals surface area contributed by atoms with Crippen molar-refractivity contribution < 1.29 is 31.9 Å². The maximum absolute atomic E-state index is 13.0. The first-order chi connectivity index (χ1) is 13.7. The molecule has 8 heteroatoms. The Bertz CT molecular complexity index is 1120. The van der Waals surface area contributed by atoms with Crippen molar-refractivity contribution in [1.82, 2.24) is 0 Å². The van der Waals surface area contributed by atoms with Crippen molar-refractivity contribution in [3.8, 4) is 11.5 Å². The maximum atomic E-state index is 13.0. The second kappa shape index (κ2) is 7.98. The number of aryl methyl sites for hydroxylation is 1. The second-order valence-corrected chi connectivity index (χ2v) is 6.32. The third kappa shape index (κ3) is 4.42. The Balaban J connectivity index is 1.79. The molecule has 0 saturated carbocycles. The highest BCUT2D eigenvalue weighted by Crippen LogP contribution is 2.36. The monoisotopic (exact) mass is 406 g/mol. The largest absolute Gasteiger partial charge is 0.497 e. The Hall–Kier alpha value is -3.29. The number of ether oxygens (including phenoxy) is 2. The SMILES string of the molecule is COc1ccc2c(C)c(CCC(=O)Oc3ccccc3C(F)(F)F)c(=O)oc2c1. The maximum Gasteiger partial charge on any atom is 0.419 e. The molecule has 152 valence electrons. The molecule has 0 spiro atoms. The van der Waals surface area contributed by atoms with Crippen LogP contribution >= 0.6 is 0 Å². The number of carbonyl (C=O) groups is 1. The second-order valence-electron chi connectivity index (χ2n) is 6.32. The van der Waals surface area contributed by atoms with Crippen LogP contribution in [0.4, 0.5) is 13.2 Å².